The molecule has 0 atom stereocenters. The predicted octanol–water partition coefficient (Wildman–Crippen LogP) is 2.90. The van der Waals surface area contributed by atoms with Crippen LogP contribution in [0, 0.1) is 0 Å². The van der Waals surface area contributed by atoms with Crippen LogP contribution in [-0.2, 0) is 13.0 Å². The molecule has 2 amide bonds. The molecule has 0 aliphatic heterocycles. The Kier molecular flexibility index (Phi) is 6.26. The number of aromatic nitrogens is 1. The molecule has 0 spiro atoms. The van der Waals surface area contributed by atoms with E-state index in [1.165, 1.54) is 5.56 Å². The van der Waals surface area contributed by atoms with E-state index < -0.39 is 0 Å². The Morgan fingerprint density at radius 1 is 0.952 bits per heavy atom. The van der Waals surface area contributed by atoms with Crippen molar-refractivity contribution in [3.63, 3.8) is 0 Å². The zero-order chi connectivity index (χ0) is 14.8. The highest BCUT2D eigenvalue weighted by atomic mass is 16.2. The van der Waals surface area contributed by atoms with Crippen LogP contribution in [0.15, 0.2) is 54.9 Å². The second kappa shape index (κ2) is 8.74. The molecule has 2 rings (SSSR count). The smallest absolute Gasteiger partial charge is 0.315 e. The summed E-state index contributed by atoms with van der Waals surface area (Å²) in [6, 6.07) is 13.8. The first-order valence-electron chi connectivity index (χ1n) is 7.29. The summed E-state index contributed by atoms with van der Waals surface area (Å²) in [5, 5.41) is 5.72. The van der Waals surface area contributed by atoms with Crippen LogP contribution in [0.5, 0.6) is 0 Å². The predicted molar refractivity (Wildman–Crippen MR) is 83.9 cm³/mol. The monoisotopic (exact) mass is 283 g/mol. The number of pyridine rings is 1. The molecule has 0 aliphatic rings. The van der Waals surface area contributed by atoms with E-state index in [2.05, 4.69) is 21.7 Å². The van der Waals surface area contributed by atoms with Gasteiger partial charge in [-0.3, -0.25) is 4.98 Å². The zero-order valence-corrected chi connectivity index (χ0v) is 12.1. The third kappa shape index (κ3) is 6.08. The van der Waals surface area contributed by atoms with Gasteiger partial charge in [-0.05, 0) is 36.5 Å². The molecule has 21 heavy (non-hydrogen) atoms. The fourth-order valence-corrected chi connectivity index (χ4v) is 2.04. The Bertz CT molecular complexity index is 528. The van der Waals surface area contributed by atoms with Gasteiger partial charge in [0.05, 0.1) is 0 Å². The summed E-state index contributed by atoms with van der Waals surface area (Å²) in [6.07, 6.45) is 6.68. The highest BCUT2D eigenvalue weighted by Gasteiger charge is 1.99. The minimum absolute atomic E-state index is 0.111. The lowest BCUT2D eigenvalue weighted by atomic mass is 10.1. The van der Waals surface area contributed by atoms with Crippen molar-refractivity contribution in [3.8, 4) is 0 Å². The zero-order valence-electron chi connectivity index (χ0n) is 12.1. The second-order valence-corrected chi connectivity index (χ2v) is 4.91. The number of carbonyl (C=O) groups excluding carboxylic acids is 1. The highest BCUT2D eigenvalue weighted by Crippen LogP contribution is 2.02. The second-order valence-electron chi connectivity index (χ2n) is 4.91. The molecule has 0 saturated heterocycles. The van der Waals surface area contributed by atoms with Gasteiger partial charge < -0.3 is 10.6 Å². The average molecular weight is 283 g/mol. The maximum Gasteiger partial charge on any atom is 0.315 e. The van der Waals surface area contributed by atoms with E-state index in [9.17, 15) is 4.79 Å². The normalized spacial score (nSPS) is 10.1. The number of rotatable bonds is 7. The topological polar surface area (TPSA) is 54.0 Å². The third-order valence-corrected chi connectivity index (χ3v) is 3.20. The summed E-state index contributed by atoms with van der Waals surface area (Å²) >= 11 is 0. The molecule has 2 N–H and O–H groups in total. The lowest BCUT2D eigenvalue weighted by Gasteiger charge is -2.07. The van der Waals surface area contributed by atoms with Crippen LogP contribution in [0.1, 0.15) is 24.0 Å². The number of carbonyl (C=O) groups is 1. The number of amides is 2. The van der Waals surface area contributed by atoms with Crippen molar-refractivity contribution >= 4 is 6.03 Å². The molecular weight excluding hydrogens is 262 g/mol. The molecule has 0 fully saturated rings. The van der Waals surface area contributed by atoms with Crippen LogP contribution < -0.4 is 10.6 Å². The molecule has 0 aliphatic carbocycles. The largest absolute Gasteiger partial charge is 0.338 e. The van der Waals surface area contributed by atoms with E-state index in [1.807, 2.05) is 42.6 Å². The molecule has 4 nitrogen and oxygen atoms in total. The van der Waals surface area contributed by atoms with Crippen molar-refractivity contribution in [1.29, 1.82) is 0 Å². The van der Waals surface area contributed by atoms with Gasteiger partial charge in [-0.15, -0.1) is 0 Å². The van der Waals surface area contributed by atoms with Crippen molar-refractivity contribution < 1.29 is 4.79 Å². The van der Waals surface area contributed by atoms with Crippen molar-refractivity contribution in [1.82, 2.24) is 15.6 Å². The highest BCUT2D eigenvalue weighted by molar-refractivity contribution is 5.73. The van der Waals surface area contributed by atoms with Gasteiger partial charge in [0, 0.05) is 25.5 Å². The molecule has 4 heteroatoms. The Labute approximate surface area is 125 Å². The van der Waals surface area contributed by atoms with Crippen LogP contribution in [0.2, 0.25) is 0 Å². The maximum atomic E-state index is 11.6. The van der Waals surface area contributed by atoms with Gasteiger partial charge in [-0.2, -0.15) is 0 Å². The van der Waals surface area contributed by atoms with Crippen LogP contribution >= 0.6 is 0 Å². The van der Waals surface area contributed by atoms with Gasteiger partial charge >= 0.3 is 6.03 Å². The number of nitrogens with zero attached hydrogens (tertiary/aromatic N) is 1. The van der Waals surface area contributed by atoms with E-state index in [4.69, 9.17) is 0 Å². The van der Waals surface area contributed by atoms with Crippen LogP contribution in [0.3, 0.4) is 0 Å². The SMILES string of the molecule is O=C(NCCCCc1cccnc1)NCc1ccccc1. The molecule has 1 aromatic heterocycles. The Morgan fingerprint density at radius 2 is 1.76 bits per heavy atom. The summed E-state index contributed by atoms with van der Waals surface area (Å²) in [4.78, 5) is 15.7. The first-order valence-corrected chi connectivity index (χ1v) is 7.29. The summed E-state index contributed by atoms with van der Waals surface area (Å²) in [6.45, 7) is 1.25. The van der Waals surface area contributed by atoms with Crippen LogP contribution in [0.4, 0.5) is 4.79 Å². The van der Waals surface area contributed by atoms with Crippen molar-refractivity contribution in [2.45, 2.75) is 25.8 Å². The first-order chi connectivity index (χ1) is 10.3. The van der Waals surface area contributed by atoms with Gasteiger partial charge in [0.15, 0.2) is 0 Å². The number of aryl methyl sites for hydroxylation is 1. The lowest BCUT2D eigenvalue weighted by molar-refractivity contribution is 0.240. The quantitative estimate of drug-likeness (QED) is 0.768. The number of nitrogens with one attached hydrogen (secondary N) is 2. The van der Waals surface area contributed by atoms with Gasteiger partial charge in [0.25, 0.3) is 0 Å². The van der Waals surface area contributed by atoms with Crippen molar-refractivity contribution in [2.24, 2.45) is 0 Å². The summed E-state index contributed by atoms with van der Waals surface area (Å²) in [5.41, 5.74) is 2.34. The molecule has 1 aromatic carbocycles. The van der Waals surface area contributed by atoms with Gasteiger partial charge in [-0.25, -0.2) is 4.79 Å². The average Bonchev–Trinajstić information content (AvgIpc) is 2.54. The Hall–Kier alpha value is -2.36. The number of benzene rings is 1. The minimum Gasteiger partial charge on any atom is -0.338 e. The fraction of sp³-hybridized carbons (Fsp3) is 0.294. The van der Waals surface area contributed by atoms with E-state index in [1.54, 1.807) is 6.20 Å². The van der Waals surface area contributed by atoms with Crippen molar-refractivity contribution in [2.75, 3.05) is 6.54 Å². The molecule has 110 valence electrons. The lowest BCUT2D eigenvalue weighted by Crippen LogP contribution is -2.35. The van der Waals surface area contributed by atoms with Gasteiger partial charge in [0.1, 0.15) is 0 Å². The first kappa shape index (κ1) is 15.0. The Balaban J connectivity index is 1.53. The standard InChI is InChI=1S/C17H21N3O/c21-17(20-14-16-7-2-1-3-8-16)19-12-5-4-9-15-10-6-11-18-13-15/h1-3,6-8,10-11,13H,4-5,9,12,14H2,(H2,19,20,21). The third-order valence-electron chi connectivity index (χ3n) is 3.20. The summed E-state index contributed by atoms with van der Waals surface area (Å²) < 4.78 is 0. The molecule has 0 radical (unpaired) electrons. The molecule has 0 saturated carbocycles. The van der Waals surface area contributed by atoms with Crippen LogP contribution in [0.25, 0.3) is 0 Å². The van der Waals surface area contributed by atoms with E-state index in [0.29, 0.717) is 13.1 Å². The van der Waals surface area contributed by atoms with Crippen molar-refractivity contribution in [3.05, 3.63) is 66.0 Å². The maximum absolute atomic E-state index is 11.6. The fourth-order valence-electron chi connectivity index (χ4n) is 2.04. The number of hydrogen-bond acceptors (Lipinski definition) is 2. The van der Waals surface area contributed by atoms with E-state index >= 15 is 0 Å². The molecule has 1 heterocycles. The number of hydrogen-bond donors (Lipinski definition) is 2. The van der Waals surface area contributed by atoms with Gasteiger partial charge in [-0.1, -0.05) is 36.4 Å². The summed E-state index contributed by atoms with van der Waals surface area (Å²) in [7, 11) is 0. The van der Waals surface area contributed by atoms with E-state index in [0.717, 1.165) is 24.8 Å². The Morgan fingerprint density at radius 3 is 2.52 bits per heavy atom. The summed E-state index contributed by atoms with van der Waals surface area (Å²) in [5.74, 6) is 0. The molecule has 2 aromatic rings. The minimum atomic E-state index is -0.111. The molecule has 0 bridgehead atoms. The number of urea groups is 1. The number of unbranched alkanes of at least 4 members (excludes halogenated alkanes) is 1. The molecule has 0 unspecified atom stereocenters. The van der Waals surface area contributed by atoms with Gasteiger partial charge in [0.2, 0.25) is 0 Å². The molecular formula is C17H21N3O. The van der Waals surface area contributed by atoms with E-state index in [-0.39, 0.29) is 6.03 Å². The van der Waals surface area contributed by atoms with Crippen LogP contribution in [-0.4, -0.2) is 17.6 Å².